The molecule has 5 nitrogen and oxygen atoms in total. The summed E-state index contributed by atoms with van der Waals surface area (Å²) in [4.78, 5) is 17.5. The van der Waals surface area contributed by atoms with Gasteiger partial charge in [-0.3, -0.25) is 4.79 Å². The number of aliphatic imine (C=N–C) groups is 1. The number of amidine groups is 1. The van der Waals surface area contributed by atoms with Gasteiger partial charge in [-0.25, -0.2) is 4.99 Å². The number of rotatable bonds is 7. The summed E-state index contributed by atoms with van der Waals surface area (Å²) in [5, 5.41) is 3.36. The first-order valence-electron chi connectivity index (χ1n) is 10.4. The highest BCUT2D eigenvalue weighted by Crippen LogP contribution is 2.32. The van der Waals surface area contributed by atoms with Gasteiger partial charge in [0.25, 0.3) is 5.91 Å². The van der Waals surface area contributed by atoms with Crippen LogP contribution in [0.3, 0.4) is 0 Å². The smallest absolute Gasteiger partial charge is 0.264 e. The second-order valence-corrected chi connectivity index (χ2v) is 8.26. The molecular formula is C26H24N2O3S. The van der Waals surface area contributed by atoms with Crippen molar-refractivity contribution >= 4 is 34.6 Å². The van der Waals surface area contributed by atoms with Crippen LogP contribution < -0.4 is 14.8 Å². The zero-order valence-corrected chi connectivity index (χ0v) is 18.8. The summed E-state index contributed by atoms with van der Waals surface area (Å²) in [6.45, 7) is 5.06. The fourth-order valence-electron chi connectivity index (χ4n) is 3.08. The highest BCUT2D eigenvalue weighted by Gasteiger charge is 2.24. The molecule has 1 aliphatic heterocycles. The minimum absolute atomic E-state index is 0.165. The van der Waals surface area contributed by atoms with Crippen LogP contribution in [0.5, 0.6) is 11.5 Å². The maximum absolute atomic E-state index is 12.4. The van der Waals surface area contributed by atoms with E-state index in [1.807, 2.05) is 61.5 Å². The Balaban J connectivity index is 1.41. The van der Waals surface area contributed by atoms with E-state index in [0.29, 0.717) is 34.7 Å². The van der Waals surface area contributed by atoms with Gasteiger partial charge in [-0.05, 0) is 67.1 Å². The second-order valence-electron chi connectivity index (χ2n) is 7.23. The third-order valence-corrected chi connectivity index (χ3v) is 5.65. The standard InChI is InChI=1S/C26H24N2O3S/c1-3-30-23-7-5-4-6-22(23)27-26-28-25(29)24(32-26)16-19-12-14-21(15-13-19)31-17-20-10-8-18(2)9-11-20/h4-16H,3,17H2,1-2H3,(H,27,28,29). The summed E-state index contributed by atoms with van der Waals surface area (Å²) in [7, 11) is 0. The topological polar surface area (TPSA) is 59.9 Å². The number of ether oxygens (including phenoxy) is 2. The lowest BCUT2D eigenvalue weighted by atomic mass is 10.1. The van der Waals surface area contributed by atoms with E-state index in [2.05, 4.69) is 41.5 Å². The Labute approximate surface area is 192 Å². The molecular weight excluding hydrogens is 420 g/mol. The Hall–Kier alpha value is -3.51. The molecule has 0 radical (unpaired) electrons. The molecule has 3 aromatic carbocycles. The molecule has 1 amide bonds. The number of nitrogens with zero attached hydrogens (tertiary/aromatic N) is 1. The number of hydrogen-bond acceptors (Lipinski definition) is 5. The number of carbonyl (C=O) groups is 1. The largest absolute Gasteiger partial charge is 0.492 e. The lowest BCUT2D eigenvalue weighted by Crippen LogP contribution is -2.19. The summed E-state index contributed by atoms with van der Waals surface area (Å²) in [6.07, 6.45) is 1.85. The molecule has 0 unspecified atom stereocenters. The Morgan fingerprint density at radius 3 is 2.47 bits per heavy atom. The van der Waals surface area contributed by atoms with Crippen molar-refractivity contribution in [2.75, 3.05) is 6.61 Å². The molecule has 0 saturated carbocycles. The number of nitrogens with one attached hydrogen (secondary N) is 1. The van der Waals surface area contributed by atoms with Crippen LogP contribution in [0, 0.1) is 6.92 Å². The summed E-state index contributed by atoms with van der Waals surface area (Å²) in [5.41, 5.74) is 3.96. The van der Waals surface area contributed by atoms with E-state index in [4.69, 9.17) is 9.47 Å². The number of para-hydroxylation sites is 2. The molecule has 1 fully saturated rings. The van der Waals surface area contributed by atoms with E-state index >= 15 is 0 Å². The second kappa shape index (κ2) is 10.2. The molecule has 0 aromatic heterocycles. The molecule has 162 valence electrons. The van der Waals surface area contributed by atoms with E-state index in [1.165, 1.54) is 17.3 Å². The van der Waals surface area contributed by atoms with Crippen molar-refractivity contribution in [2.24, 2.45) is 4.99 Å². The third-order valence-electron chi connectivity index (χ3n) is 4.74. The van der Waals surface area contributed by atoms with Crippen molar-refractivity contribution in [3.63, 3.8) is 0 Å². The van der Waals surface area contributed by atoms with E-state index in [1.54, 1.807) is 0 Å². The average molecular weight is 445 g/mol. The van der Waals surface area contributed by atoms with Gasteiger partial charge in [-0.1, -0.05) is 54.1 Å². The quantitative estimate of drug-likeness (QED) is 0.464. The zero-order chi connectivity index (χ0) is 22.3. The van der Waals surface area contributed by atoms with Gasteiger partial charge in [0.05, 0.1) is 11.5 Å². The lowest BCUT2D eigenvalue weighted by molar-refractivity contribution is -0.115. The Morgan fingerprint density at radius 1 is 0.969 bits per heavy atom. The van der Waals surface area contributed by atoms with Crippen LogP contribution in [0.1, 0.15) is 23.6 Å². The maximum atomic E-state index is 12.4. The Bertz CT molecular complexity index is 1150. The van der Waals surface area contributed by atoms with E-state index < -0.39 is 0 Å². The van der Waals surface area contributed by atoms with Crippen molar-refractivity contribution in [3.05, 3.63) is 94.4 Å². The minimum Gasteiger partial charge on any atom is -0.492 e. The van der Waals surface area contributed by atoms with E-state index in [-0.39, 0.29) is 5.91 Å². The number of hydrogen-bond donors (Lipinski definition) is 1. The first-order chi connectivity index (χ1) is 15.6. The third kappa shape index (κ3) is 5.59. The van der Waals surface area contributed by atoms with Crippen LogP contribution in [-0.4, -0.2) is 17.7 Å². The number of thioether (sulfide) groups is 1. The monoisotopic (exact) mass is 444 g/mol. The van der Waals surface area contributed by atoms with Crippen molar-refractivity contribution < 1.29 is 14.3 Å². The number of benzene rings is 3. The molecule has 4 rings (SSSR count). The summed E-state index contributed by atoms with van der Waals surface area (Å²) in [5.74, 6) is 1.31. The van der Waals surface area contributed by atoms with Gasteiger partial charge in [0, 0.05) is 0 Å². The molecule has 0 spiro atoms. The normalized spacial score (nSPS) is 15.8. The fourth-order valence-corrected chi connectivity index (χ4v) is 3.91. The Morgan fingerprint density at radius 2 is 1.72 bits per heavy atom. The highest BCUT2D eigenvalue weighted by molar-refractivity contribution is 8.18. The van der Waals surface area contributed by atoms with Crippen LogP contribution in [0.2, 0.25) is 0 Å². The molecule has 1 heterocycles. The molecule has 6 heteroatoms. The average Bonchev–Trinajstić information content (AvgIpc) is 3.14. The number of amides is 1. The molecule has 0 aliphatic carbocycles. The van der Waals surface area contributed by atoms with Gasteiger partial charge in [-0.2, -0.15) is 0 Å². The summed E-state index contributed by atoms with van der Waals surface area (Å²) in [6, 6.07) is 23.5. The number of carbonyl (C=O) groups excluding carboxylic acids is 1. The van der Waals surface area contributed by atoms with Crippen molar-refractivity contribution in [1.82, 2.24) is 5.32 Å². The molecule has 0 atom stereocenters. The fraction of sp³-hybridized carbons (Fsp3) is 0.154. The number of aryl methyl sites for hydroxylation is 1. The van der Waals surface area contributed by atoms with Gasteiger partial charge in [-0.15, -0.1) is 0 Å². The minimum atomic E-state index is -0.165. The van der Waals surface area contributed by atoms with Gasteiger partial charge in [0.1, 0.15) is 23.8 Å². The van der Waals surface area contributed by atoms with Crippen LogP contribution in [0.15, 0.2) is 82.7 Å². The van der Waals surface area contributed by atoms with Gasteiger partial charge < -0.3 is 14.8 Å². The predicted molar refractivity (Wildman–Crippen MR) is 130 cm³/mol. The molecule has 0 bridgehead atoms. The molecule has 3 aromatic rings. The van der Waals surface area contributed by atoms with Crippen molar-refractivity contribution in [1.29, 1.82) is 0 Å². The zero-order valence-electron chi connectivity index (χ0n) is 18.0. The molecule has 1 saturated heterocycles. The molecule has 1 aliphatic rings. The molecule has 1 N–H and O–H groups in total. The van der Waals surface area contributed by atoms with E-state index in [0.717, 1.165) is 16.9 Å². The van der Waals surface area contributed by atoms with E-state index in [9.17, 15) is 4.79 Å². The first-order valence-corrected chi connectivity index (χ1v) is 11.2. The van der Waals surface area contributed by atoms with Gasteiger partial charge in [0.15, 0.2) is 5.17 Å². The predicted octanol–water partition coefficient (Wildman–Crippen LogP) is 5.86. The van der Waals surface area contributed by atoms with Crippen LogP contribution in [0.25, 0.3) is 6.08 Å². The van der Waals surface area contributed by atoms with Crippen molar-refractivity contribution in [2.45, 2.75) is 20.5 Å². The first kappa shape index (κ1) is 21.7. The summed E-state index contributed by atoms with van der Waals surface area (Å²) < 4.78 is 11.5. The van der Waals surface area contributed by atoms with Crippen LogP contribution >= 0.6 is 11.8 Å². The lowest BCUT2D eigenvalue weighted by Gasteiger charge is -2.07. The van der Waals surface area contributed by atoms with Gasteiger partial charge >= 0.3 is 0 Å². The van der Waals surface area contributed by atoms with Crippen LogP contribution in [-0.2, 0) is 11.4 Å². The SMILES string of the molecule is CCOc1ccccc1N=C1NC(=O)C(=Cc2ccc(OCc3ccc(C)cc3)cc2)S1. The summed E-state index contributed by atoms with van der Waals surface area (Å²) >= 11 is 1.31. The molecule has 32 heavy (non-hydrogen) atoms. The van der Waals surface area contributed by atoms with Gasteiger partial charge in [0.2, 0.25) is 0 Å². The highest BCUT2D eigenvalue weighted by atomic mass is 32.2. The Kier molecular flexibility index (Phi) is 6.92. The maximum Gasteiger partial charge on any atom is 0.264 e. The van der Waals surface area contributed by atoms with Crippen molar-refractivity contribution in [3.8, 4) is 11.5 Å². The van der Waals surface area contributed by atoms with Crippen LogP contribution in [0.4, 0.5) is 5.69 Å².